The van der Waals surface area contributed by atoms with Crippen LogP contribution in [0.2, 0.25) is 0 Å². The van der Waals surface area contributed by atoms with Gasteiger partial charge in [-0.3, -0.25) is 0 Å². The number of anilines is 1. The third-order valence-corrected chi connectivity index (χ3v) is 1.81. The molecule has 0 aliphatic rings. The van der Waals surface area contributed by atoms with Gasteiger partial charge >= 0.3 is 0 Å². The number of hydrogen-bond donors (Lipinski definition) is 1. The zero-order valence-corrected chi connectivity index (χ0v) is 6.59. The van der Waals surface area contributed by atoms with E-state index in [2.05, 4.69) is 4.98 Å². The summed E-state index contributed by atoms with van der Waals surface area (Å²) in [5, 5.41) is 0.592. The Morgan fingerprint density at radius 2 is 2.00 bits per heavy atom. The average molecular weight is 180 g/mol. The number of hydrogen-bond acceptors (Lipinski definition) is 2. The van der Waals surface area contributed by atoms with Crippen molar-refractivity contribution in [2.24, 2.45) is 0 Å². The van der Waals surface area contributed by atoms with Crippen LogP contribution in [0.1, 0.15) is 0 Å². The minimum Gasteiger partial charge on any atom is -0.383 e. The molecule has 0 saturated carbocycles. The number of aromatic nitrogens is 1. The standard InChI is InChI=1S/C9H6F2N2/c10-6-3-5-1-2-13-9(12)8(5)7(11)4-6/h1-4H,(H2,12,13). The third kappa shape index (κ3) is 1.20. The molecule has 2 rings (SSSR count). The normalized spacial score (nSPS) is 10.6. The van der Waals surface area contributed by atoms with E-state index in [0.29, 0.717) is 5.39 Å². The maximum atomic E-state index is 13.1. The molecule has 2 aromatic rings. The second-order valence-corrected chi connectivity index (χ2v) is 2.68. The summed E-state index contributed by atoms with van der Waals surface area (Å²) in [5.41, 5.74) is 5.43. The van der Waals surface area contributed by atoms with Gasteiger partial charge in [-0.15, -0.1) is 0 Å². The average Bonchev–Trinajstić information content (AvgIpc) is 2.02. The smallest absolute Gasteiger partial charge is 0.137 e. The second kappa shape index (κ2) is 2.65. The molecule has 1 heterocycles. The molecule has 0 aliphatic carbocycles. The lowest BCUT2D eigenvalue weighted by atomic mass is 10.1. The van der Waals surface area contributed by atoms with Crippen LogP contribution in [0.4, 0.5) is 14.6 Å². The topological polar surface area (TPSA) is 38.9 Å². The van der Waals surface area contributed by atoms with Gasteiger partial charge in [0.25, 0.3) is 0 Å². The Morgan fingerprint density at radius 3 is 2.77 bits per heavy atom. The van der Waals surface area contributed by atoms with Crippen LogP contribution in [0.15, 0.2) is 24.4 Å². The Balaban J connectivity index is 2.94. The highest BCUT2D eigenvalue weighted by atomic mass is 19.1. The molecule has 0 fully saturated rings. The molecule has 2 nitrogen and oxygen atoms in total. The zero-order valence-electron chi connectivity index (χ0n) is 6.59. The second-order valence-electron chi connectivity index (χ2n) is 2.68. The summed E-state index contributed by atoms with van der Waals surface area (Å²) in [7, 11) is 0. The molecule has 0 amide bonds. The monoisotopic (exact) mass is 180 g/mol. The number of nitrogens with two attached hydrogens (primary N) is 1. The van der Waals surface area contributed by atoms with E-state index in [9.17, 15) is 8.78 Å². The van der Waals surface area contributed by atoms with Crippen LogP contribution in [0.5, 0.6) is 0 Å². The number of benzene rings is 1. The van der Waals surface area contributed by atoms with Crippen LogP contribution >= 0.6 is 0 Å². The Hall–Kier alpha value is -1.71. The third-order valence-electron chi connectivity index (χ3n) is 1.81. The molecule has 13 heavy (non-hydrogen) atoms. The van der Waals surface area contributed by atoms with Crippen molar-refractivity contribution in [3.63, 3.8) is 0 Å². The highest BCUT2D eigenvalue weighted by molar-refractivity contribution is 5.91. The maximum absolute atomic E-state index is 13.1. The fraction of sp³-hybridized carbons (Fsp3) is 0. The van der Waals surface area contributed by atoms with Crippen molar-refractivity contribution in [3.8, 4) is 0 Å². The molecule has 66 valence electrons. The van der Waals surface area contributed by atoms with E-state index in [1.807, 2.05) is 0 Å². The fourth-order valence-electron chi connectivity index (χ4n) is 1.26. The van der Waals surface area contributed by atoms with Gasteiger partial charge in [-0.25, -0.2) is 13.8 Å². The lowest BCUT2D eigenvalue weighted by Crippen LogP contribution is -1.93. The first-order chi connectivity index (χ1) is 6.18. The summed E-state index contributed by atoms with van der Waals surface area (Å²) in [6.45, 7) is 0. The molecule has 0 radical (unpaired) electrons. The van der Waals surface area contributed by atoms with Gasteiger partial charge in [0.2, 0.25) is 0 Å². The van der Waals surface area contributed by atoms with E-state index in [1.165, 1.54) is 18.3 Å². The van der Waals surface area contributed by atoms with Crippen molar-refractivity contribution < 1.29 is 8.78 Å². The summed E-state index contributed by atoms with van der Waals surface area (Å²) in [6.07, 6.45) is 1.41. The van der Waals surface area contributed by atoms with E-state index in [4.69, 9.17) is 5.73 Å². The van der Waals surface area contributed by atoms with Crippen LogP contribution < -0.4 is 5.73 Å². The van der Waals surface area contributed by atoms with Crippen molar-refractivity contribution in [2.45, 2.75) is 0 Å². The molecule has 0 saturated heterocycles. The Kier molecular flexibility index (Phi) is 1.62. The van der Waals surface area contributed by atoms with Crippen molar-refractivity contribution in [2.75, 3.05) is 5.73 Å². The fourth-order valence-corrected chi connectivity index (χ4v) is 1.26. The van der Waals surface area contributed by atoms with Gasteiger partial charge in [0.15, 0.2) is 0 Å². The largest absolute Gasteiger partial charge is 0.383 e. The predicted molar refractivity (Wildman–Crippen MR) is 46.1 cm³/mol. The number of pyridine rings is 1. The molecule has 1 aromatic heterocycles. The van der Waals surface area contributed by atoms with Crippen LogP contribution in [-0.4, -0.2) is 4.98 Å². The number of nitrogens with zero attached hydrogens (tertiary/aromatic N) is 1. The number of fused-ring (bicyclic) bond motifs is 1. The van der Waals surface area contributed by atoms with E-state index in [0.717, 1.165) is 6.07 Å². The molecule has 4 heteroatoms. The van der Waals surface area contributed by atoms with Crippen molar-refractivity contribution in [3.05, 3.63) is 36.0 Å². The van der Waals surface area contributed by atoms with Gasteiger partial charge < -0.3 is 5.73 Å². The summed E-state index contributed by atoms with van der Waals surface area (Å²) in [5.74, 6) is -1.22. The molecule has 1 aromatic carbocycles. The van der Waals surface area contributed by atoms with Gasteiger partial charge in [-0.1, -0.05) is 0 Å². The molecule has 0 spiro atoms. The molecule has 0 bridgehead atoms. The van der Waals surface area contributed by atoms with E-state index < -0.39 is 11.6 Å². The zero-order chi connectivity index (χ0) is 9.42. The maximum Gasteiger partial charge on any atom is 0.137 e. The molecule has 2 N–H and O–H groups in total. The van der Waals surface area contributed by atoms with E-state index in [-0.39, 0.29) is 11.2 Å². The van der Waals surface area contributed by atoms with Crippen molar-refractivity contribution in [1.82, 2.24) is 4.98 Å². The molecular formula is C9H6F2N2. The highest BCUT2D eigenvalue weighted by Crippen LogP contribution is 2.22. The van der Waals surface area contributed by atoms with E-state index >= 15 is 0 Å². The Labute approximate surface area is 73.0 Å². The van der Waals surface area contributed by atoms with Gasteiger partial charge in [-0.05, 0) is 17.5 Å². The van der Waals surface area contributed by atoms with Crippen LogP contribution in [0.3, 0.4) is 0 Å². The molecule has 0 aliphatic heterocycles. The van der Waals surface area contributed by atoms with Gasteiger partial charge in [0.1, 0.15) is 17.5 Å². The Morgan fingerprint density at radius 1 is 1.23 bits per heavy atom. The first kappa shape index (κ1) is 7.91. The molecule has 0 unspecified atom stereocenters. The molecular weight excluding hydrogens is 174 g/mol. The minimum absolute atomic E-state index is 0.0787. The van der Waals surface area contributed by atoms with Crippen molar-refractivity contribution >= 4 is 16.6 Å². The number of nitrogen functional groups attached to an aromatic ring is 1. The predicted octanol–water partition coefficient (Wildman–Crippen LogP) is 2.10. The first-order valence-electron chi connectivity index (χ1n) is 3.68. The lowest BCUT2D eigenvalue weighted by molar-refractivity contribution is 0.592. The quantitative estimate of drug-likeness (QED) is 0.674. The summed E-state index contributed by atoms with van der Waals surface area (Å²) in [6, 6.07) is 3.52. The summed E-state index contributed by atoms with van der Waals surface area (Å²) in [4.78, 5) is 3.71. The summed E-state index contributed by atoms with van der Waals surface area (Å²) >= 11 is 0. The summed E-state index contributed by atoms with van der Waals surface area (Å²) < 4.78 is 25.9. The van der Waals surface area contributed by atoms with E-state index in [1.54, 1.807) is 0 Å². The number of rotatable bonds is 0. The highest BCUT2D eigenvalue weighted by Gasteiger charge is 2.06. The van der Waals surface area contributed by atoms with Crippen LogP contribution in [0, 0.1) is 11.6 Å². The Bertz CT molecular complexity index is 468. The molecule has 0 atom stereocenters. The number of halogens is 2. The van der Waals surface area contributed by atoms with Gasteiger partial charge in [-0.2, -0.15) is 0 Å². The minimum atomic E-state index is -0.680. The van der Waals surface area contributed by atoms with Crippen molar-refractivity contribution in [1.29, 1.82) is 0 Å². The first-order valence-corrected chi connectivity index (χ1v) is 3.68. The lowest BCUT2D eigenvalue weighted by Gasteiger charge is -2.01. The van der Waals surface area contributed by atoms with Crippen LogP contribution in [-0.2, 0) is 0 Å². The van der Waals surface area contributed by atoms with Crippen LogP contribution in [0.25, 0.3) is 10.8 Å². The van der Waals surface area contributed by atoms with Gasteiger partial charge in [0, 0.05) is 12.3 Å². The SMILES string of the molecule is Nc1nccc2cc(F)cc(F)c12. The van der Waals surface area contributed by atoms with Gasteiger partial charge in [0.05, 0.1) is 5.39 Å².